The van der Waals surface area contributed by atoms with Gasteiger partial charge in [0.05, 0.1) is 30.8 Å². The van der Waals surface area contributed by atoms with E-state index in [-0.39, 0.29) is 35.4 Å². The molecule has 0 bridgehead atoms. The van der Waals surface area contributed by atoms with Crippen LogP contribution in [0.4, 0.5) is 0 Å². The zero-order chi connectivity index (χ0) is 26.3. The minimum atomic E-state index is -1.49. The van der Waals surface area contributed by atoms with Crippen LogP contribution in [0, 0.1) is 28.1 Å². The van der Waals surface area contributed by atoms with Crippen LogP contribution in [0.2, 0.25) is 0 Å². The highest BCUT2D eigenvalue weighted by Crippen LogP contribution is 2.73. The van der Waals surface area contributed by atoms with Crippen LogP contribution in [0.3, 0.4) is 0 Å². The van der Waals surface area contributed by atoms with Crippen LogP contribution in [0.25, 0.3) is 0 Å². The monoisotopic (exact) mass is 514 g/mol. The van der Waals surface area contributed by atoms with Crippen molar-refractivity contribution < 1.29 is 49.6 Å². The summed E-state index contributed by atoms with van der Waals surface area (Å²) in [5, 5.41) is 61.1. The van der Waals surface area contributed by atoms with Gasteiger partial charge < -0.3 is 44.8 Å². The molecule has 1 spiro atoms. The van der Waals surface area contributed by atoms with Crippen molar-refractivity contribution >= 4 is 5.97 Å². The van der Waals surface area contributed by atoms with E-state index >= 15 is 0 Å². The first-order valence-corrected chi connectivity index (χ1v) is 13.4. The molecule has 2 saturated heterocycles. The Hall–Kier alpha value is -0.850. The number of hydrogen-bond donors (Lipinski definition) is 6. The summed E-state index contributed by atoms with van der Waals surface area (Å²) >= 11 is 0. The lowest BCUT2D eigenvalue weighted by Crippen LogP contribution is -2.64. The normalized spacial score (nSPS) is 56.3. The van der Waals surface area contributed by atoms with Gasteiger partial charge in [0, 0.05) is 0 Å². The van der Waals surface area contributed by atoms with Crippen molar-refractivity contribution in [3.63, 3.8) is 0 Å². The molecule has 6 N–H and O–H groups in total. The summed E-state index contributed by atoms with van der Waals surface area (Å²) < 4.78 is 17.6. The van der Waals surface area contributed by atoms with Gasteiger partial charge in [0.15, 0.2) is 6.29 Å². The van der Waals surface area contributed by atoms with Crippen LogP contribution >= 0.6 is 0 Å². The molecule has 13 unspecified atom stereocenters. The molecule has 2 heterocycles. The van der Waals surface area contributed by atoms with Gasteiger partial charge in [-0.1, -0.05) is 20.3 Å². The Balaban J connectivity index is 1.28. The van der Waals surface area contributed by atoms with Crippen LogP contribution in [0.5, 0.6) is 0 Å². The predicted molar refractivity (Wildman–Crippen MR) is 125 cm³/mol. The van der Waals surface area contributed by atoms with Gasteiger partial charge in [-0.2, -0.15) is 0 Å². The van der Waals surface area contributed by atoms with E-state index in [2.05, 4.69) is 13.8 Å². The SMILES string of the molecule is CC1(CCOC2OC(CO)C(O)C(O)C2O)CCC2C3(C)CCCC(C)(C(=O)O)C3CC(O)C23OC13. The Morgan fingerprint density at radius 1 is 1.00 bits per heavy atom. The van der Waals surface area contributed by atoms with E-state index in [1.54, 1.807) is 0 Å². The van der Waals surface area contributed by atoms with Gasteiger partial charge in [-0.15, -0.1) is 0 Å². The number of aliphatic hydroxyl groups excluding tert-OH is 5. The predicted octanol–water partition coefficient (Wildman–Crippen LogP) is 0.409. The minimum Gasteiger partial charge on any atom is -0.481 e. The molecule has 0 radical (unpaired) electrons. The van der Waals surface area contributed by atoms with E-state index in [1.165, 1.54) is 0 Å². The average Bonchev–Trinajstić information content (AvgIpc) is 3.59. The Morgan fingerprint density at radius 2 is 1.72 bits per heavy atom. The molecule has 5 rings (SSSR count). The average molecular weight is 515 g/mol. The molecule has 0 aromatic rings. The molecule has 3 aliphatic carbocycles. The van der Waals surface area contributed by atoms with E-state index in [1.807, 2.05) is 6.92 Å². The third-order valence-corrected chi connectivity index (χ3v) is 10.9. The van der Waals surface area contributed by atoms with Gasteiger partial charge in [-0.05, 0) is 68.1 Å². The lowest BCUT2D eigenvalue weighted by atomic mass is 9.42. The lowest BCUT2D eigenvalue weighted by molar-refractivity contribution is -0.302. The number of carboxylic acids is 1. The fraction of sp³-hybridized carbons (Fsp3) is 0.962. The van der Waals surface area contributed by atoms with Gasteiger partial charge in [-0.3, -0.25) is 4.79 Å². The molecule has 0 amide bonds. The number of aliphatic carboxylic acids is 1. The smallest absolute Gasteiger partial charge is 0.309 e. The molecular weight excluding hydrogens is 472 g/mol. The number of carboxylic acid groups (broad SMARTS) is 1. The first-order chi connectivity index (χ1) is 16.8. The number of carbonyl (C=O) groups is 1. The summed E-state index contributed by atoms with van der Waals surface area (Å²) in [4.78, 5) is 12.3. The van der Waals surface area contributed by atoms with Crippen LogP contribution in [-0.4, -0.2) is 98.3 Å². The third kappa shape index (κ3) is 3.63. The number of fused-ring (bicyclic) bond motifs is 2. The Bertz CT molecular complexity index is 868. The summed E-state index contributed by atoms with van der Waals surface area (Å²) in [6, 6.07) is 0. The van der Waals surface area contributed by atoms with E-state index in [4.69, 9.17) is 14.2 Å². The third-order valence-electron chi connectivity index (χ3n) is 10.9. The largest absolute Gasteiger partial charge is 0.481 e. The molecule has 5 aliphatic rings. The standard InChI is InChI=1S/C26H42O10/c1-23(9-10-34-20-19(31)18(30)17(29)13(12-27)35-20)8-5-14-24(2)6-4-7-25(3,22(32)33)15(24)11-16(28)26(14)21(23)36-26/h13-21,27-31H,4-12H2,1-3H3,(H,32,33). The zero-order valence-electron chi connectivity index (χ0n) is 21.4. The first-order valence-electron chi connectivity index (χ1n) is 13.4. The van der Waals surface area contributed by atoms with Crippen molar-refractivity contribution in [2.75, 3.05) is 13.2 Å². The summed E-state index contributed by atoms with van der Waals surface area (Å²) in [6.07, 6.45) is -2.39. The van der Waals surface area contributed by atoms with E-state index in [0.29, 0.717) is 19.3 Å². The minimum absolute atomic E-state index is 0.0853. The topological polar surface area (TPSA) is 169 Å². The summed E-state index contributed by atoms with van der Waals surface area (Å²) in [5.74, 6) is -0.798. The van der Waals surface area contributed by atoms with E-state index in [0.717, 1.165) is 25.7 Å². The summed E-state index contributed by atoms with van der Waals surface area (Å²) in [7, 11) is 0. The van der Waals surface area contributed by atoms with E-state index < -0.39 is 60.4 Å². The van der Waals surface area contributed by atoms with Crippen LogP contribution in [-0.2, 0) is 19.0 Å². The molecule has 206 valence electrons. The van der Waals surface area contributed by atoms with Crippen LogP contribution in [0.1, 0.15) is 65.7 Å². The lowest BCUT2D eigenvalue weighted by Gasteiger charge is -2.61. The molecule has 0 aromatic heterocycles. The van der Waals surface area contributed by atoms with E-state index in [9.17, 15) is 35.4 Å². The van der Waals surface area contributed by atoms with Crippen molar-refractivity contribution in [1.29, 1.82) is 0 Å². The van der Waals surface area contributed by atoms with Crippen molar-refractivity contribution in [2.24, 2.45) is 28.1 Å². The Labute approximate surface area is 211 Å². The van der Waals surface area contributed by atoms with Crippen LogP contribution in [0.15, 0.2) is 0 Å². The molecule has 0 aromatic carbocycles. The first kappa shape index (κ1) is 26.7. The summed E-state index contributed by atoms with van der Waals surface area (Å²) in [5.41, 5.74) is -2.02. The van der Waals surface area contributed by atoms with Crippen molar-refractivity contribution in [2.45, 2.75) is 114 Å². The van der Waals surface area contributed by atoms with Gasteiger partial charge in [-0.25, -0.2) is 0 Å². The van der Waals surface area contributed by atoms with Gasteiger partial charge in [0.1, 0.15) is 30.0 Å². The van der Waals surface area contributed by atoms with Crippen molar-refractivity contribution in [3.05, 3.63) is 0 Å². The zero-order valence-corrected chi connectivity index (χ0v) is 21.4. The van der Waals surface area contributed by atoms with Crippen molar-refractivity contribution in [3.8, 4) is 0 Å². The molecule has 2 aliphatic heterocycles. The second-order valence-electron chi connectivity index (χ2n) is 12.8. The van der Waals surface area contributed by atoms with Gasteiger partial charge in [0.2, 0.25) is 0 Å². The van der Waals surface area contributed by atoms with Gasteiger partial charge in [0.25, 0.3) is 0 Å². The molecular formula is C26H42O10. The second-order valence-corrected chi connectivity index (χ2v) is 12.8. The maximum absolute atomic E-state index is 12.3. The number of rotatable bonds is 6. The molecule has 10 nitrogen and oxygen atoms in total. The highest BCUT2D eigenvalue weighted by molar-refractivity contribution is 5.75. The fourth-order valence-corrected chi connectivity index (χ4v) is 8.68. The molecule has 3 saturated carbocycles. The number of aliphatic hydroxyl groups is 5. The molecule has 36 heavy (non-hydrogen) atoms. The Morgan fingerprint density at radius 3 is 2.39 bits per heavy atom. The Kier molecular flexibility index (Phi) is 6.57. The second kappa shape index (κ2) is 8.84. The van der Waals surface area contributed by atoms with Crippen molar-refractivity contribution in [1.82, 2.24) is 0 Å². The van der Waals surface area contributed by atoms with Gasteiger partial charge >= 0.3 is 5.97 Å². The molecule has 5 fully saturated rings. The maximum atomic E-state index is 12.3. The van der Waals surface area contributed by atoms with Crippen LogP contribution < -0.4 is 0 Å². The summed E-state index contributed by atoms with van der Waals surface area (Å²) in [6.45, 7) is 5.85. The highest BCUT2D eigenvalue weighted by atomic mass is 16.7. The quantitative estimate of drug-likeness (QED) is 0.273. The molecule has 10 heteroatoms. The number of ether oxygens (including phenoxy) is 3. The number of epoxide rings is 1. The highest BCUT2D eigenvalue weighted by Gasteiger charge is 2.79. The maximum Gasteiger partial charge on any atom is 0.309 e. The fourth-order valence-electron chi connectivity index (χ4n) is 8.68. The number of hydrogen-bond acceptors (Lipinski definition) is 9. The molecule has 13 atom stereocenters.